The lowest BCUT2D eigenvalue weighted by Gasteiger charge is -2.20. The molecule has 0 aliphatic heterocycles. The average Bonchev–Trinajstić information content (AvgIpc) is 2.28. The van der Waals surface area contributed by atoms with Crippen molar-refractivity contribution >= 4 is 6.03 Å². The first-order chi connectivity index (χ1) is 8.34. The van der Waals surface area contributed by atoms with Gasteiger partial charge in [0, 0.05) is 25.2 Å². The van der Waals surface area contributed by atoms with Crippen LogP contribution in [0.2, 0.25) is 0 Å². The highest BCUT2D eigenvalue weighted by Gasteiger charge is 2.07. The Hall–Kier alpha value is -0.810. The number of amides is 2. The van der Waals surface area contributed by atoms with Gasteiger partial charge < -0.3 is 20.4 Å². The zero-order valence-corrected chi connectivity index (χ0v) is 12.8. The molecule has 108 valence electrons. The normalized spacial score (nSPS) is 14.7. The summed E-state index contributed by atoms with van der Waals surface area (Å²) in [5.74, 6) is 0. The molecule has 0 saturated heterocycles. The molecule has 0 aromatic carbocycles. The van der Waals surface area contributed by atoms with Gasteiger partial charge in [-0.2, -0.15) is 0 Å². The molecule has 5 nitrogen and oxygen atoms in total. The smallest absolute Gasteiger partial charge is 0.314 e. The van der Waals surface area contributed by atoms with Gasteiger partial charge in [-0.05, 0) is 54.9 Å². The van der Waals surface area contributed by atoms with Crippen molar-refractivity contribution in [3.05, 3.63) is 0 Å². The van der Waals surface area contributed by atoms with Crippen LogP contribution in [0.3, 0.4) is 0 Å². The Morgan fingerprint density at radius 2 is 1.22 bits per heavy atom. The van der Waals surface area contributed by atoms with Crippen LogP contribution in [0.5, 0.6) is 0 Å². The van der Waals surface area contributed by atoms with Crippen LogP contribution in [-0.2, 0) is 0 Å². The monoisotopic (exact) mass is 258 g/mol. The Kier molecular flexibility index (Phi) is 8.75. The molecule has 2 atom stereocenters. The van der Waals surface area contributed by atoms with Crippen LogP contribution in [0.1, 0.15) is 26.7 Å². The number of urea groups is 1. The van der Waals surface area contributed by atoms with Gasteiger partial charge in [-0.15, -0.1) is 0 Å². The highest BCUT2D eigenvalue weighted by atomic mass is 16.2. The third kappa shape index (κ3) is 8.31. The molecule has 0 spiro atoms. The highest BCUT2D eigenvalue weighted by molar-refractivity contribution is 5.73. The lowest BCUT2D eigenvalue weighted by atomic mass is 10.2. The molecule has 0 aliphatic rings. The van der Waals surface area contributed by atoms with Gasteiger partial charge in [0.1, 0.15) is 0 Å². The topological polar surface area (TPSA) is 47.6 Å². The molecule has 0 bridgehead atoms. The second-order valence-corrected chi connectivity index (χ2v) is 5.39. The van der Waals surface area contributed by atoms with E-state index in [4.69, 9.17) is 0 Å². The Morgan fingerprint density at radius 3 is 1.50 bits per heavy atom. The molecule has 5 heteroatoms. The van der Waals surface area contributed by atoms with Crippen molar-refractivity contribution in [2.45, 2.75) is 38.8 Å². The fourth-order valence-corrected chi connectivity index (χ4v) is 1.37. The molecular formula is C13H30N4O. The van der Waals surface area contributed by atoms with E-state index < -0.39 is 0 Å². The maximum atomic E-state index is 11.5. The number of carbonyl (C=O) groups excluding carboxylic acids is 1. The van der Waals surface area contributed by atoms with Gasteiger partial charge in [-0.3, -0.25) is 0 Å². The molecule has 0 aliphatic carbocycles. The van der Waals surface area contributed by atoms with Crippen LogP contribution in [0.15, 0.2) is 0 Å². The summed E-state index contributed by atoms with van der Waals surface area (Å²) in [6.07, 6.45) is 1.93. The van der Waals surface area contributed by atoms with E-state index in [9.17, 15) is 4.79 Å². The summed E-state index contributed by atoms with van der Waals surface area (Å²) in [6.45, 7) is 5.74. The Labute approximate surface area is 112 Å². The Bertz CT molecular complexity index is 209. The molecule has 2 amide bonds. The zero-order chi connectivity index (χ0) is 14.1. The number of hydrogen-bond donors (Lipinski definition) is 2. The largest absolute Gasteiger partial charge is 0.338 e. The van der Waals surface area contributed by atoms with Crippen molar-refractivity contribution in [3.8, 4) is 0 Å². The standard InChI is InChI=1S/C13H30N4O/c1-11(16(3)4)7-9-14-13(18)15-10-8-12(2)17(5)6/h11-12H,7-10H2,1-6H3,(H2,14,15,18). The molecule has 0 fully saturated rings. The van der Waals surface area contributed by atoms with E-state index in [2.05, 4.69) is 34.3 Å². The minimum Gasteiger partial charge on any atom is -0.338 e. The predicted molar refractivity (Wildman–Crippen MR) is 76.9 cm³/mol. The Balaban J connectivity index is 3.55. The third-order valence-electron chi connectivity index (χ3n) is 3.46. The van der Waals surface area contributed by atoms with Gasteiger partial charge in [-0.25, -0.2) is 4.79 Å². The highest BCUT2D eigenvalue weighted by Crippen LogP contribution is 1.97. The van der Waals surface area contributed by atoms with Gasteiger partial charge in [-0.1, -0.05) is 0 Å². The molecule has 2 unspecified atom stereocenters. The van der Waals surface area contributed by atoms with Crippen LogP contribution >= 0.6 is 0 Å². The van der Waals surface area contributed by atoms with Crippen molar-refractivity contribution in [1.82, 2.24) is 20.4 Å². The molecule has 0 heterocycles. The second kappa shape index (κ2) is 9.16. The van der Waals surface area contributed by atoms with Gasteiger partial charge in [0.2, 0.25) is 0 Å². The quantitative estimate of drug-likeness (QED) is 0.682. The van der Waals surface area contributed by atoms with E-state index in [-0.39, 0.29) is 6.03 Å². The molecule has 0 saturated carbocycles. The van der Waals surface area contributed by atoms with E-state index in [0.29, 0.717) is 25.2 Å². The maximum Gasteiger partial charge on any atom is 0.314 e. The number of nitrogens with one attached hydrogen (secondary N) is 2. The van der Waals surface area contributed by atoms with E-state index in [1.165, 1.54) is 0 Å². The van der Waals surface area contributed by atoms with Crippen molar-refractivity contribution < 1.29 is 4.79 Å². The van der Waals surface area contributed by atoms with Crippen LogP contribution in [0, 0.1) is 0 Å². The first-order valence-corrected chi connectivity index (χ1v) is 6.69. The van der Waals surface area contributed by atoms with E-state index >= 15 is 0 Å². The summed E-state index contributed by atoms with van der Waals surface area (Å²) in [5.41, 5.74) is 0. The molecule has 2 N–H and O–H groups in total. The summed E-state index contributed by atoms with van der Waals surface area (Å²) in [5, 5.41) is 5.76. The maximum absolute atomic E-state index is 11.5. The van der Waals surface area contributed by atoms with E-state index in [1.54, 1.807) is 0 Å². The summed E-state index contributed by atoms with van der Waals surface area (Å²) < 4.78 is 0. The minimum absolute atomic E-state index is 0.0630. The first-order valence-electron chi connectivity index (χ1n) is 6.69. The molecule has 0 radical (unpaired) electrons. The Morgan fingerprint density at radius 1 is 0.889 bits per heavy atom. The average molecular weight is 258 g/mol. The van der Waals surface area contributed by atoms with Crippen molar-refractivity contribution in [2.24, 2.45) is 0 Å². The third-order valence-corrected chi connectivity index (χ3v) is 3.46. The second-order valence-electron chi connectivity index (χ2n) is 5.39. The minimum atomic E-state index is -0.0630. The first kappa shape index (κ1) is 17.2. The van der Waals surface area contributed by atoms with Crippen LogP contribution in [0.4, 0.5) is 4.79 Å². The number of nitrogens with zero attached hydrogens (tertiary/aromatic N) is 2. The van der Waals surface area contributed by atoms with E-state index in [0.717, 1.165) is 12.8 Å². The fraction of sp³-hybridized carbons (Fsp3) is 0.923. The summed E-state index contributed by atoms with van der Waals surface area (Å²) in [6, 6.07) is 0.907. The van der Waals surface area contributed by atoms with Gasteiger partial charge in [0.15, 0.2) is 0 Å². The SMILES string of the molecule is CC(CCNC(=O)NCCC(C)N(C)C)N(C)C. The molecule has 0 rings (SSSR count). The lowest BCUT2D eigenvalue weighted by Crippen LogP contribution is -2.40. The fourth-order valence-electron chi connectivity index (χ4n) is 1.37. The van der Waals surface area contributed by atoms with E-state index in [1.807, 2.05) is 28.2 Å². The summed E-state index contributed by atoms with van der Waals surface area (Å²) >= 11 is 0. The number of rotatable bonds is 8. The van der Waals surface area contributed by atoms with Crippen molar-refractivity contribution in [2.75, 3.05) is 41.3 Å². The number of hydrogen-bond acceptors (Lipinski definition) is 3. The predicted octanol–water partition coefficient (Wildman–Crippen LogP) is 0.966. The summed E-state index contributed by atoms with van der Waals surface area (Å²) in [7, 11) is 8.20. The summed E-state index contributed by atoms with van der Waals surface area (Å²) in [4.78, 5) is 15.8. The zero-order valence-electron chi connectivity index (χ0n) is 12.8. The van der Waals surface area contributed by atoms with Crippen molar-refractivity contribution in [3.63, 3.8) is 0 Å². The van der Waals surface area contributed by atoms with Crippen LogP contribution < -0.4 is 10.6 Å². The van der Waals surface area contributed by atoms with Gasteiger partial charge in [0.05, 0.1) is 0 Å². The van der Waals surface area contributed by atoms with Gasteiger partial charge in [0.25, 0.3) is 0 Å². The molecule has 0 aromatic heterocycles. The molecule has 0 aromatic rings. The van der Waals surface area contributed by atoms with Crippen molar-refractivity contribution in [1.29, 1.82) is 0 Å². The van der Waals surface area contributed by atoms with Crippen LogP contribution in [-0.4, -0.2) is 69.2 Å². The van der Waals surface area contributed by atoms with Crippen LogP contribution in [0.25, 0.3) is 0 Å². The molecular weight excluding hydrogens is 228 g/mol. The number of carbonyl (C=O) groups is 1. The molecule has 18 heavy (non-hydrogen) atoms. The lowest BCUT2D eigenvalue weighted by molar-refractivity contribution is 0.235. The van der Waals surface area contributed by atoms with Gasteiger partial charge >= 0.3 is 6.03 Å².